The van der Waals surface area contributed by atoms with Crippen LogP contribution in [0.2, 0.25) is 0 Å². The Morgan fingerprint density at radius 1 is 1.41 bits per heavy atom. The minimum atomic E-state index is -0.477. The number of likely N-dealkylation sites (tertiary alicyclic amines) is 1. The first kappa shape index (κ1) is 16.8. The SMILES string of the molecule is CO[C@H]1CN(C(=O)OC(C)(C)C)C[C@H]1NCc1ccn(C)c1. The number of aryl methyl sites for hydroxylation is 1. The molecule has 2 atom stereocenters. The second-order valence-corrected chi connectivity index (χ2v) is 6.83. The maximum Gasteiger partial charge on any atom is 0.410 e. The number of aromatic nitrogens is 1. The van der Waals surface area contributed by atoms with Crippen molar-refractivity contribution in [3.05, 3.63) is 24.0 Å². The number of methoxy groups -OCH3 is 1. The number of ether oxygens (including phenoxy) is 2. The first-order chi connectivity index (χ1) is 10.3. The normalized spacial score (nSPS) is 22.1. The van der Waals surface area contributed by atoms with Crippen LogP contribution in [0.15, 0.2) is 18.5 Å². The summed E-state index contributed by atoms with van der Waals surface area (Å²) < 4.78 is 13.0. The second-order valence-electron chi connectivity index (χ2n) is 6.83. The largest absolute Gasteiger partial charge is 0.444 e. The summed E-state index contributed by atoms with van der Waals surface area (Å²) in [5.74, 6) is 0. The van der Waals surface area contributed by atoms with Crippen molar-refractivity contribution in [3.8, 4) is 0 Å². The summed E-state index contributed by atoms with van der Waals surface area (Å²) >= 11 is 0. The highest BCUT2D eigenvalue weighted by Crippen LogP contribution is 2.18. The van der Waals surface area contributed by atoms with Gasteiger partial charge in [0.25, 0.3) is 0 Å². The molecule has 2 heterocycles. The third kappa shape index (κ3) is 4.48. The number of rotatable bonds is 4. The Kier molecular flexibility index (Phi) is 5.13. The van der Waals surface area contributed by atoms with Crippen LogP contribution in [-0.2, 0) is 23.1 Å². The van der Waals surface area contributed by atoms with Crippen LogP contribution in [0.5, 0.6) is 0 Å². The quantitative estimate of drug-likeness (QED) is 0.920. The molecule has 1 amide bonds. The van der Waals surface area contributed by atoms with Gasteiger partial charge in [0.1, 0.15) is 5.60 Å². The van der Waals surface area contributed by atoms with Crippen LogP contribution in [-0.4, -0.2) is 53.5 Å². The molecular formula is C16H27N3O3. The van der Waals surface area contributed by atoms with Gasteiger partial charge in [-0.25, -0.2) is 4.79 Å². The van der Waals surface area contributed by atoms with E-state index in [1.54, 1.807) is 12.0 Å². The van der Waals surface area contributed by atoms with Crippen molar-refractivity contribution in [2.24, 2.45) is 7.05 Å². The zero-order chi connectivity index (χ0) is 16.3. The Hall–Kier alpha value is -1.53. The van der Waals surface area contributed by atoms with E-state index < -0.39 is 5.60 Å². The average Bonchev–Trinajstić information content (AvgIpc) is 3.00. The minimum Gasteiger partial charge on any atom is -0.444 e. The average molecular weight is 309 g/mol. The summed E-state index contributed by atoms with van der Waals surface area (Å²) in [6, 6.07) is 2.19. The van der Waals surface area contributed by atoms with Crippen LogP contribution in [0.4, 0.5) is 4.79 Å². The Morgan fingerprint density at radius 3 is 2.68 bits per heavy atom. The van der Waals surface area contributed by atoms with Gasteiger partial charge in [-0.3, -0.25) is 0 Å². The maximum atomic E-state index is 12.2. The molecular weight excluding hydrogens is 282 g/mol. The molecule has 0 bridgehead atoms. The van der Waals surface area contributed by atoms with E-state index >= 15 is 0 Å². The van der Waals surface area contributed by atoms with Gasteiger partial charge in [0, 0.05) is 39.6 Å². The van der Waals surface area contributed by atoms with Crippen molar-refractivity contribution in [1.29, 1.82) is 0 Å². The molecule has 0 unspecified atom stereocenters. The van der Waals surface area contributed by atoms with E-state index in [1.165, 1.54) is 5.56 Å². The Morgan fingerprint density at radius 2 is 2.14 bits per heavy atom. The fraction of sp³-hybridized carbons (Fsp3) is 0.688. The number of hydrogen-bond acceptors (Lipinski definition) is 4. The summed E-state index contributed by atoms with van der Waals surface area (Å²) in [6.07, 6.45) is 3.80. The van der Waals surface area contributed by atoms with E-state index in [4.69, 9.17) is 9.47 Å². The molecule has 0 aromatic carbocycles. The van der Waals surface area contributed by atoms with Crippen molar-refractivity contribution >= 4 is 6.09 Å². The van der Waals surface area contributed by atoms with E-state index in [1.807, 2.05) is 38.6 Å². The molecule has 124 valence electrons. The van der Waals surface area contributed by atoms with Gasteiger partial charge in [0.15, 0.2) is 0 Å². The fourth-order valence-electron chi connectivity index (χ4n) is 2.60. The number of amides is 1. The molecule has 0 radical (unpaired) electrons. The number of carbonyl (C=O) groups is 1. The molecule has 6 heteroatoms. The van der Waals surface area contributed by atoms with Gasteiger partial charge >= 0.3 is 6.09 Å². The zero-order valence-electron chi connectivity index (χ0n) is 14.1. The molecule has 1 aromatic rings. The van der Waals surface area contributed by atoms with Crippen LogP contribution >= 0.6 is 0 Å². The molecule has 1 aromatic heterocycles. The van der Waals surface area contributed by atoms with E-state index in [0.717, 1.165) is 6.54 Å². The number of nitrogens with zero attached hydrogens (tertiary/aromatic N) is 2. The number of carbonyl (C=O) groups excluding carboxylic acids is 1. The zero-order valence-corrected chi connectivity index (χ0v) is 14.1. The van der Waals surface area contributed by atoms with Gasteiger partial charge in [-0.05, 0) is 32.4 Å². The predicted octanol–water partition coefficient (Wildman–Crippen LogP) is 1.75. The van der Waals surface area contributed by atoms with Crippen molar-refractivity contribution < 1.29 is 14.3 Å². The predicted molar refractivity (Wildman–Crippen MR) is 84.6 cm³/mol. The Bertz CT molecular complexity index is 507. The summed E-state index contributed by atoms with van der Waals surface area (Å²) in [7, 11) is 3.68. The molecule has 6 nitrogen and oxygen atoms in total. The summed E-state index contributed by atoms with van der Waals surface area (Å²) in [4.78, 5) is 13.9. The highest BCUT2D eigenvalue weighted by molar-refractivity contribution is 5.68. The van der Waals surface area contributed by atoms with Gasteiger partial charge in [-0.2, -0.15) is 0 Å². The first-order valence-electron chi connectivity index (χ1n) is 7.63. The topological polar surface area (TPSA) is 55.7 Å². The van der Waals surface area contributed by atoms with Gasteiger partial charge in [0.05, 0.1) is 18.7 Å². The Balaban J connectivity index is 1.90. The monoisotopic (exact) mass is 309 g/mol. The van der Waals surface area contributed by atoms with Crippen molar-refractivity contribution in [3.63, 3.8) is 0 Å². The molecule has 1 aliphatic heterocycles. The Labute approximate surface area is 132 Å². The van der Waals surface area contributed by atoms with E-state index in [0.29, 0.717) is 13.1 Å². The maximum absolute atomic E-state index is 12.2. The molecule has 0 spiro atoms. The molecule has 1 aliphatic rings. The molecule has 0 saturated carbocycles. The van der Waals surface area contributed by atoms with Gasteiger partial charge in [0.2, 0.25) is 0 Å². The van der Waals surface area contributed by atoms with Crippen LogP contribution in [0, 0.1) is 0 Å². The van der Waals surface area contributed by atoms with Gasteiger partial charge < -0.3 is 24.3 Å². The van der Waals surface area contributed by atoms with Gasteiger partial charge in [-0.15, -0.1) is 0 Å². The van der Waals surface area contributed by atoms with Gasteiger partial charge in [-0.1, -0.05) is 0 Å². The van der Waals surface area contributed by atoms with Crippen LogP contribution < -0.4 is 5.32 Å². The van der Waals surface area contributed by atoms with Crippen molar-refractivity contribution in [2.45, 2.75) is 45.1 Å². The molecule has 22 heavy (non-hydrogen) atoms. The number of nitrogens with one attached hydrogen (secondary N) is 1. The smallest absolute Gasteiger partial charge is 0.410 e. The molecule has 2 rings (SSSR count). The summed E-state index contributed by atoms with van der Waals surface area (Å²) in [6.45, 7) is 7.53. The third-order valence-electron chi connectivity index (χ3n) is 3.68. The lowest BCUT2D eigenvalue weighted by molar-refractivity contribution is 0.0252. The lowest BCUT2D eigenvalue weighted by Crippen LogP contribution is -2.40. The highest BCUT2D eigenvalue weighted by atomic mass is 16.6. The third-order valence-corrected chi connectivity index (χ3v) is 3.68. The van der Waals surface area contributed by atoms with Crippen molar-refractivity contribution in [1.82, 2.24) is 14.8 Å². The highest BCUT2D eigenvalue weighted by Gasteiger charge is 2.37. The van der Waals surface area contributed by atoms with E-state index in [2.05, 4.69) is 17.6 Å². The lowest BCUT2D eigenvalue weighted by Gasteiger charge is -2.24. The summed E-state index contributed by atoms with van der Waals surface area (Å²) in [5.41, 5.74) is 0.739. The molecule has 1 N–H and O–H groups in total. The second kappa shape index (κ2) is 6.71. The van der Waals surface area contributed by atoms with Crippen LogP contribution in [0.25, 0.3) is 0 Å². The van der Waals surface area contributed by atoms with Crippen molar-refractivity contribution in [2.75, 3.05) is 20.2 Å². The lowest BCUT2D eigenvalue weighted by atomic mass is 10.2. The van der Waals surface area contributed by atoms with Crippen LogP contribution in [0.3, 0.4) is 0 Å². The molecule has 1 saturated heterocycles. The first-order valence-corrected chi connectivity index (χ1v) is 7.63. The van der Waals surface area contributed by atoms with Crippen LogP contribution in [0.1, 0.15) is 26.3 Å². The summed E-state index contributed by atoms with van der Waals surface area (Å²) in [5, 5.41) is 3.47. The van der Waals surface area contributed by atoms with E-state index in [-0.39, 0.29) is 18.2 Å². The number of hydrogen-bond donors (Lipinski definition) is 1. The fourth-order valence-corrected chi connectivity index (χ4v) is 2.60. The molecule has 1 fully saturated rings. The van der Waals surface area contributed by atoms with E-state index in [9.17, 15) is 4.79 Å². The molecule has 0 aliphatic carbocycles. The standard InChI is InChI=1S/C16H27N3O3/c1-16(2,3)22-15(20)19-10-13(14(11-19)21-5)17-8-12-6-7-18(4)9-12/h6-7,9,13-14,17H,8,10-11H2,1-5H3/t13-,14+/m1/s1. The minimum absolute atomic E-state index is 0.0174.